The van der Waals surface area contributed by atoms with Crippen molar-refractivity contribution in [2.24, 2.45) is 5.92 Å². The zero-order valence-electron chi connectivity index (χ0n) is 32.1. The minimum absolute atomic E-state index is 0.00218. The lowest BCUT2D eigenvalue weighted by atomic mass is 9.61. The van der Waals surface area contributed by atoms with Crippen molar-refractivity contribution in [3.05, 3.63) is 35.9 Å². The molecule has 274 valence electrons. The van der Waals surface area contributed by atoms with Crippen molar-refractivity contribution >= 4 is 11.9 Å². The number of amides is 1. The monoisotopic (exact) mass is 669 g/mol. The first-order valence-electron chi connectivity index (χ1n) is 20.0. The quantitative estimate of drug-likeness (QED) is 0.0929. The molecule has 1 aromatic carbocycles. The highest BCUT2D eigenvalue weighted by Crippen LogP contribution is 2.54. The van der Waals surface area contributed by atoms with Crippen LogP contribution in [-0.2, 0) is 25.5 Å². The Morgan fingerprint density at radius 1 is 0.833 bits per heavy atom. The van der Waals surface area contributed by atoms with Gasteiger partial charge in [-0.2, -0.15) is 0 Å². The minimum atomic E-state index is -0.917. The number of carbonyl (C=O) groups excluding carboxylic acids is 2. The Morgan fingerprint density at radius 2 is 1.38 bits per heavy atom. The van der Waals surface area contributed by atoms with Gasteiger partial charge in [0.05, 0.1) is 0 Å². The van der Waals surface area contributed by atoms with Crippen molar-refractivity contribution in [1.29, 1.82) is 0 Å². The summed E-state index contributed by atoms with van der Waals surface area (Å²) in [5.41, 5.74) is -1.13. The Hall–Kier alpha value is -1.92. The van der Waals surface area contributed by atoms with E-state index < -0.39 is 11.3 Å². The molecule has 0 bridgehead atoms. The van der Waals surface area contributed by atoms with Gasteiger partial charge in [-0.05, 0) is 45.6 Å². The lowest BCUT2D eigenvalue weighted by molar-refractivity contribution is -0.220. The topological polar surface area (TPSA) is 67.9 Å². The van der Waals surface area contributed by atoms with Crippen LogP contribution in [0.15, 0.2) is 30.3 Å². The van der Waals surface area contributed by atoms with E-state index in [0.29, 0.717) is 32.4 Å². The third kappa shape index (κ3) is 10.8. The standard InChI is InChI=1S/C42H72N2O4/c1-8-11-12-13-14-15-16-17-18-19-20-21-22-23-27-30-37(45)47-32-31-44-39(5,9-2)34-42(35(4)40(44,6)10-3)38(46)43-41(7,48-42)33-36-28-25-24-26-29-36/h24-26,28-29,35H,8-23,27,30-34H2,1-7H3,(H,43,46). The summed E-state index contributed by atoms with van der Waals surface area (Å²) in [6, 6.07) is 10.2. The second kappa shape index (κ2) is 19.5. The Balaban J connectivity index is 1.40. The van der Waals surface area contributed by atoms with Gasteiger partial charge in [-0.1, -0.05) is 148 Å². The molecular formula is C42H72N2O4. The second-order valence-corrected chi connectivity index (χ2v) is 15.9. The largest absolute Gasteiger partial charge is 0.464 e. The molecule has 2 aliphatic rings. The molecule has 2 aliphatic heterocycles. The van der Waals surface area contributed by atoms with E-state index in [1.807, 2.05) is 25.1 Å². The van der Waals surface area contributed by atoms with Gasteiger partial charge < -0.3 is 14.8 Å². The van der Waals surface area contributed by atoms with E-state index in [1.165, 1.54) is 83.5 Å². The maximum absolute atomic E-state index is 13.9. The molecule has 0 aromatic heterocycles. The average molecular weight is 669 g/mol. The molecule has 2 fully saturated rings. The van der Waals surface area contributed by atoms with Crippen LogP contribution in [0, 0.1) is 5.92 Å². The van der Waals surface area contributed by atoms with E-state index >= 15 is 0 Å². The number of likely N-dealkylation sites (tertiary alicyclic amines) is 1. The zero-order chi connectivity index (χ0) is 35.1. The fourth-order valence-corrected chi connectivity index (χ4v) is 8.76. The van der Waals surface area contributed by atoms with Crippen LogP contribution in [-0.4, -0.2) is 52.3 Å². The minimum Gasteiger partial charge on any atom is -0.464 e. The summed E-state index contributed by atoms with van der Waals surface area (Å²) in [5, 5.41) is 3.27. The lowest BCUT2D eigenvalue weighted by Gasteiger charge is -2.63. The molecule has 5 atom stereocenters. The van der Waals surface area contributed by atoms with Crippen LogP contribution in [0.4, 0.5) is 0 Å². The maximum Gasteiger partial charge on any atom is 0.305 e. The molecule has 1 aromatic rings. The number of hydrogen-bond acceptors (Lipinski definition) is 5. The Morgan fingerprint density at radius 3 is 1.90 bits per heavy atom. The maximum atomic E-state index is 13.9. The molecule has 48 heavy (non-hydrogen) atoms. The Labute approximate surface area is 294 Å². The van der Waals surface area contributed by atoms with Gasteiger partial charge in [-0.15, -0.1) is 0 Å². The van der Waals surface area contributed by atoms with Gasteiger partial charge in [0.2, 0.25) is 0 Å². The van der Waals surface area contributed by atoms with Gasteiger partial charge in [0.25, 0.3) is 5.91 Å². The number of esters is 1. The molecule has 3 rings (SSSR count). The second-order valence-electron chi connectivity index (χ2n) is 15.9. The van der Waals surface area contributed by atoms with Crippen molar-refractivity contribution in [2.45, 2.75) is 199 Å². The van der Waals surface area contributed by atoms with Crippen LogP contribution < -0.4 is 5.32 Å². The van der Waals surface area contributed by atoms with E-state index in [2.05, 4.69) is 63.9 Å². The Kier molecular flexibility index (Phi) is 16.4. The molecule has 2 saturated heterocycles. The molecule has 5 unspecified atom stereocenters. The van der Waals surface area contributed by atoms with E-state index in [0.717, 1.165) is 31.2 Å². The molecule has 0 radical (unpaired) electrons. The van der Waals surface area contributed by atoms with E-state index in [1.54, 1.807) is 0 Å². The number of rotatable bonds is 23. The van der Waals surface area contributed by atoms with Crippen LogP contribution in [0.1, 0.15) is 176 Å². The first-order valence-corrected chi connectivity index (χ1v) is 20.0. The number of ether oxygens (including phenoxy) is 2. The third-order valence-electron chi connectivity index (χ3n) is 12.1. The summed E-state index contributed by atoms with van der Waals surface area (Å²) in [6.45, 7) is 16.4. The van der Waals surface area contributed by atoms with Gasteiger partial charge >= 0.3 is 5.97 Å². The molecule has 0 aliphatic carbocycles. The first kappa shape index (κ1) is 40.5. The van der Waals surface area contributed by atoms with Gasteiger partial charge in [-0.25, -0.2) is 0 Å². The van der Waals surface area contributed by atoms with Crippen molar-refractivity contribution < 1.29 is 19.1 Å². The smallest absolute Gasteiger partial charge is 0.305 e. The molecule has 6 heteroatoms. The van der Waals surface area contributed by atoms with Crippen LogP contribution in [0.2, 0.25) is 0 Å². The molecule has 6 nitrogen and oxygen atoms in total. The summed E-state index contributed by atoms with van der Waals surface area (Å²) in [5.74, 6) is -0.136. The van der Waals surface area contributed by atoms with Crippen molar-refractivity contribution in [1.82, 2.24) is 10.2 Å². The predicted molar refractivity (Wildman–Crippen MR) is 199 cm³/mol. The SMILES string of the molecule is CCCCCCCCCCCCCCCCCC(=O)OCCN1C(C)(CC)CC2(OC(C)(Cc3ccccc3)NC2=O)C(C)C1(C)CC. The number of nitrogens with one attached hydrogen (secondary N) is 1. The molecule has 0 saturated carbocycles. The third-order valence-corrected chi connectivity index (χ3v) is 12.1. The number of benzene rings is 1. The number of nitrogens with zero attached hydrogens (tertiary/aromatic N) is 1. The van der Waals surface area contributed by atoms with Crippen LogP contribution in [0.5, 0.6) is 0 Å². The number of hydrogen-bond donors (Lipinski definition) is 1. The zero-order valence-corrected chi connectivity index (χ0v) is 32.1. The first-order chi connectivity index (χ1) is 23.0. The van der Waals surface area contributed by atoms with Gasteiger partial charge in [0.15, 0.2) is 5.60 Å². The summed E-state index contributed by atoms with van der Waals surface area (Å²) in [4.78, 5) is 29.2. The average Bonchev–Trinajstić information content (AvgIpc) is 3.32. The van der Waals surface area contributed by atoms with Crippen molar-refractivity contribution in [2.75, 3.05) is 13.2 Å². The number of carbonyl (C=O) groups is 2. The van der Waals surface area contributed by atoms with E-state index in [-0.39, 0.29) is 28.9 Å². The van der Waals surface area contributed by atoms with Gasteiger partial charge in [0.1, 0.15) is 12.3 Å². The van der Waals surface area contributed by atoms with Gasteiger partial charge in [0, 0.05) is 42.8 Å². The van der Waals surface area contributed by atoms with E-state index in [9.17, 15) is 9.59 Å². The highest BCUT2D eigenvalue weighted by atomic mass is 16.6. The highest BCUT2D eigenvalue weighted by Gasteiger charge is 2.67. The lowest BCUT2D eigenvalue weighted by Crippen LogP contribution is -2.73. The molecule has 2 heterocycles. The fourth-order valence-electron chi connectivity index (χ4n) is 8.76. The van der Waals surface area contributed by atoms with Gasteiger partial charge in [-0.3, -0.25) is 14.5 Å². The predicted octanol–water partition coefficient (Wildman–Crippen LogP) is 10.3. The molecule has 1 amide bonds. The molecular weight excluding hydrogens is 596 g/mol. The molecule has 1 spiro atoms. The van der Waals surface area contributed by atoms with E-state index in [4.69, 9.17) is 9.47 Å². The number of unbranched alkanes of at least 4 members (excludes halogenated alkanes) is 14. The highest BCUT2D eigenvalue weighted by molar-refractivity contribution is 5.88. The van der Waals surface area contributed by atoms with Crippen molar-refractivity contribution in [3.8, 4) is 0 Å². The van der Waals surface area contributed by atoms with Crippen LogP contribution >= 0.6 is 0 Å². The fraction of sp³-hybridized carbons (Fsp3) is 0.810. The van der Waals surface area contributed by atoms with Crippen molar-refractivity contribution in [3.63, 3.8) is 0 Å². The summed E-state index contributed by atoms with van der Waals surface area (Å²) in [6.07, 6.45) is 23.2. The summed E-state index contributed by atoms with van der Waals surface area (Å²) < 4.78 is 12.8. The van der Waals surface area contributed by atoms with Crippen LogP contribution in [0.3, 0.4) is 0 Å². The molecule has 1 N–H and O–H groups in total. The normalized spacial score (nSPS) is 29.0. The van der Waals surface area contributed by atoms with Crippen LogP contribution in [0.25, 0.3) is 0 Å². The summed E-state index contributed by atoms with van der Waals surface area (Å²) >= 11 is 0. The Bertz CT molecular complexity index is 1100. The summed E-state index contributed by atoms with van der Waals surface area (Å²) in [7, 11) is 0. The number of piperidine rings is 1.